The third-order valence-corrected chi connectivity index (χ3v) is 2.57. The molecule has 0 amide bonds. The van der Waals surface area contributed by atoms with Gasteiger partial charge < -0.3 is 5.73 Å². The quantitative estimate of drug-likeness (QED) is 0.661. The van der Waals surface area contributed by atoms with Gasteiger partial charge in [0, 0.05) is 24.6 Å². The maximum Gasteiger partial charge on any atom is 0.193 e. The van der Waals surface area contributed by atoms with E-state index >= 15 is 0 Å². The van der Waals surface area contributed by atoms with E-state index < -0.39 is 9.84 Å². The van der Waals surface area contributed by atoms with Crippen molar-refractivity contribution in [3.63, 3.8) is 0 Å². The summed E-state index contributed by atoms with van der Waals surface area (Å²) in [7, 11) is -3.30. The lowest BCUT2D eigenvalue weighted by atomic mass is 10.3. The van der Waals surface area contributed by atoms with Crippen LogP contribution in [-0.4, -0.2) is 24.6 Å². The summed E-state index contributed by atoms with van der Waals surface area (Å²) >= 11 is 0. The fourth-order valence-electron chi connectivity index (χ4n) is 0.935. The molecule has 0 unspecified atom stereocenters. The standard InChI is InChI=1S/C7H11N3O2S/c1-5-9-4-6(3-8)7(10-5)13(2,11)12/h4H,3,8H2,1-2H3. The fourth-order valence-corrected chi connectivity index (χ4v) is 1.85. The highest BCUT2D eigenvalue weighted by molar-refractivity contribution is 7.90. The van der Waals surface area contributed by atoms with Crippen molar-refractivity contribution in [2.75, 3.05) is 6.26 Å². The minimum atomic E-state index is -3.30. The first-order valence-corrected chi connectivity index (χ1v) is 5.57. The van der Waals surface area contributed by atoms with Gasteiger partial charge in [-0.3, -0.25) is 0 Å². The summed E-state index contributed by atoms with van der Waals surface area (Å²) in [5.74, 6) is 0.428. The van der Waals surface area contributed by atoms with Gasteiger partial charge in [0.25, 0.3) is 0 Å². The third kappa shape index (κ3) is 2.22. The normalized spacial score (nSPS) is 11.6. The topological polar surface area (TPSA) is 85.9 Å². The van der Waals surface area contributed by atoms with Crippen molar-refractivity contribution in [2.45, 2.75) is 18.5 Å². The van der Waals surface area contributed by atoms with Gasteiger partial charge in [-0.1, -0.05) is 0 Å². The molecule has 0 aliphatic carbocycles. The molecule has 0 aliphatic rings. The van der Waals surface area contributed by atoms with E-state index in [1.165, 1.54) is 6.20 Å². The molecular weight excluding hydrogens is 190 g/mol. The lowest BCUT2D eigenvalue weighted by Gasteiger charge is -2.04. The van der Waals surface area contributed by atoms with Crippen LogP contribution in [0.25, 0.3) is 0 Å². The number of aryl methyl sites for hydroxylation is 1. The molecule has 5 nitrogen and oxygen atoms in total. The van der Waals surface area contributed by atoms with Crippen molar-refractivity contribution in [1.29, 1.82) is 0 Å². The van der Waals surface area contributed by atoms with Crippen LogP contribution >= 0.6 is 0 Å². The first kappa shape index (κ1) is 10.1. The molecule has 0 atom stereocenters. The molecule has 0 aliphatic heterocycles. The number of nitrogens with zero attached hydrogens (tertiary/aromatic N) is 2. The Morgan fingerprint density at radius 3 is 2.62 bits per heavy atom. The first-order valence-electron chi connectivity index (χ1n) is 3.68. The van der Waals surface area contributed by atoms with Crippen LogP contribution in [0.2, 0.25) is 0 Å². The summed E-state index contributed by atoms with van der Waals surface area (Å²) in [6, 6.07) is 0. The Morgan fingerprint density at radius 2 is 2.15 bits per heavy atom. The van der Waals surface area contributed by atoms with Gasteiger partial charge in [0.15, 0.2) is 14.9 Å². The Kier molecular flexibility index (Phi) is 2.63. The van der Waals surface area contributed by atoms with E-state index in [0.29, 0.717) is 11.4 Å². The molecule has 1 heterocycles. The van der Waals surface area contributed by atoms with Crippen molar-refractivity contribution in [3.05, 3.63) is 17.6 Å². The summed E-state index contributed by atoms with van der Waals surface area (Å²) in [6.45, 7) is 1.76. The highest BCUT2D eigenvalue weighted by Gasteiger charge is 2.14. The van der Waals surface area contributed by atoms with E-state index in [2.05, 4.69) is 9.97 Å². The zero-order valence-electron chi connectivity index (χ0n) is 7.48. The monoisotopic (exact) mass is 201 g/mol. The van der Waals surface area contributed by atoms with Gasteiger partial charge in [-0.25, -0.2) is 18.4 Å². The third-order valence-electron chi connectivity index (χ3n) is 1.52. The molecule has 0 saturated heterocycles. The molecule has 13 heavy (non-hydrogen) atoms. The SMILES string of the molecule is Cc1ncc(CN)c(S(C)(=O)=O)n1. The highest BCUT2D eigenvalue weighted by atomic mass is 32.2. The molecule has 0 fully saturated rings. The van der Waals surface area contributed by atoms with Crippen molar-refractivity contribution in [1.82, 2.24) is 9.97 Å². The summed E-state index contributed by atoms with van der Waals surface area (Å²) < 4.78 is 22.4. The molecule has 72 valence electrons. The van der Waals surface area contributed by atoms with Gasteiger partial charge in [0.1, 0.15) is 5.82 Å². The summed E-state index contributed by atoms with van der Waals surface area (Å²) in [5, 5.41) is 0.0301. The van der Waals surface area contributed by atoms with Crippen molar-refractivity contribution in [2.24, 2.45) is 5.73 Å². The number of rotatable bonds is 2. The maximum absolute atomic E-state index is 11.2. The molecule has 1 aromatic rings. The molecule has 1 rings (SSSR count). The second-order valence-electron chi connectivity index (χ2n) is 2.72. The van der Waals surface area contributed by atoms with E-state index in [-0.39, 0.29) is 11.6 Å². The lowest BCUT2D eigenvalue weighted by molar-refractivity contribution is 0.595. The molecule has 1 aromatic heterocycles. The van der Waals surface area contributed by atoms with Crippen LogP contribution in [0, 0.1) is 6.92 Å². The van der Waals surface area contributed by atoms with Gasteiger partial charge >= 0.3 is 0 Å². The number of sulfone groups is 1. The van der Waals surface area contributed by atoms with E-state index in [9.17, 15) is 8.42 Å². The molecule has 0 radical (unpaired) electrons. The van der Waals surface area contributed by atoms with Crippen LogP contribution in [-0.2, 0) is 16.4 Å². The Labute approximate surface area is 76.9 Å². The Morgan fingerprint density at radius 1 is 1.54 bits per heavy atom. The number of aromatic nitrogens is 2. The molecule has 0 aromatic carbocycles. The van der Waals surface area contributed by atoms with Crippen LogP contribution in [0.4, 0.5) is 0 Å². The smallest absolute Gasteiger partial charge is 0.193 e. The summed E-state index contributed by atoms with van der Waals surface area (Å²) in [6.07, 6.45) is 2.55. The number of hydrogen-bond donors (Lipinski definition) is 1. The maximum atomic E-state index is 11.2. The number of hydrogen-bond acceptors (Lipinski definition) is 5. The average molecular weight is 201 g/mol. The van der Waals surface area contributed by atoms with Gasteiger partial charge in [-0.05, 0) is 6.92 Å². The average Bonchev–Trinajstić information content (AvgIpc) is 2.03. The van der Waals surface area contributed by atoms with E-state index in [1.807, 2.05) is 0 Å². The van der Waals surface area contributed by atoms with E-state index in [1.54, 1.807) is 6.92 Å². The zero-order valence-corrected chi connectivity index (χ0v) is 8.30. The first-order chi connectivity index (χ1) is 5.95. The number of nitrogens with two attached hydrogens (primary N) is 1. The second kappa shape index (κ2) is 3.39. The summed E-state index contributed by atoms with van der Waals surface area (Å²) in [5.41, 5.74) is 5.80. The van der Waals surface area contributed by atoms with Crippen molar-refractivity contribution >= 4 is 9.84 Å². The predicted molar refractivity (Wildman–Crippen MR) is 47.8 cm³/mol. The van der Waals surface area contributed by atoms with Crippen molar-refractivity contribution in [3.8, 4) is 0 Å². The van der Waals surface area contributed by atoms with Crippen molar-refractivity contribution < 1.29 is 8.42 Å². The summed E-state index contributed by atoms with van der Waals surface area (Å²) in [4.78, 5) is 7.70. The minimum absolute atomic E-state index is 0.0301. The van der Waals surface area contributed by atoms with E-state index in [0.717, 1.165) is 6.26 Å². The molecule has 0 spiro atoms. The van der Waals surface area contributed by atoms with Gasteiger partial charge in [-0.15, -0.1) is 0 Å². The largest absolute Gasteiger partial charge is 0.326 e. The van der Waals surface area contributed by atoms with Crippen LogP contribution in [0.15, 0.2) is 11.2 Å². The van der Waals surface area contributed by atoms with E-state index in [4.69, 9.17) is 5.73 Å². The fraction of sp³-hybridized carbons (Fsp3) is 0.429. The zero-order chi connectivity index (χ0) is 10.1. The van der Waals surface area contributed by atoms with Crippen LogP contribution in [0.1, 0.15) is 11.4 Å². The van der Waals surface area contributed by atoms with Crippen LogP contribution in [0.3, 0.4) is 0 Å². The Bertz CT molecular complexity index is 414. The molecule has 0 bridgehead atoms. The van der Waals surface area contributed by atoms with Crippen LogP contribution < -0.4 is 5.73 Å². The lowest BCUT2D eigenvalue weighted by Crippen LogP contribution is -2.10. The molecule has 2 N–H and O–H groups in total. The molecule has 0 saturated carbocycles. The molecular formula is C7H11N3O2S. The minimum Gasteiger partial charge on any atom is -0.326 e. The van der Waals surface area contributed by atoms with Crippen LogP contribution in [0.5, 0.6) is 0 Å². The predicted octanol–water partition coefficient (Wildman–Crippen LogP) is -0.353. The Hall–Kier alpha value is -1.01. The Balaban J connectivity index is 3.41. The molecule has 6 heteroatoms. The van der Waals surface area contributed by atoms with Gasteiger partial charge in [0.2, 0.25) is 0 Å². The van der Waals surface area contributed by atoms with Gasteiger partial charge in [-0.2, -0.15) is 0 Å². The highest BCUT2D eigenvalue weighted by Crippen LogP contribution is 2.10. The second-order valence-corrected chi connectivity index (χ2v) is 4.65. The van der Waals surface area contributed by atoms with Gasteiger partial charge in [0.05, 0.1) is 0 Å².